The van der Waals surface area contributed by atoms with Gasteiger partial charge in [-0.3, -0.25) is 9.88 Å². The number of aliphatic hydroxyl groups is 2. The molecule has 2 aliphatic heterocycles. The van der Waals surface area contributed by atoms with Crippen LogP contribution in [0.15, 0.2) is 54.1 Å². The Morgan fingerprint density at radius 2 is 2.15 bits per heavy atom. The van der Waals surface area contributed by atoms with Gasteiger partial charge in [-0.05, 0) is 24.3 Å². The van der Waals surface area contributed by atoms with Crippen LogP contribution < -0.4 is 4.90 Å². The summed E-state index contributed by atoms with van der Waals surface area (Å²) in [6.07, 6.45) is 2.41. The average molecular weight is 468 g/mol. The molecule has 0 bridgehead atoms. The Hall–Kier alpha value is -3.90. The molecule has 0 spiro atoms. The van der Waals surface area contributed by atoms with E-state index in [9.17, 15) is 14.3 Å². The highest BCUT2D eigenvalue weighted by Gasteiger charge is 2.33. The third-order valence-corrected chi connectivity index (χ3v) is 5.68. The van der Waals surface area contributed by atoms with E-state index in [1.807, 2.05) is 0 Å². The van der Waals surface area contributed by atoms with E-state index in [4.69, 9.17) is 14.7 Å². The van der Waals surface area contributed by atoms with E-state index in [-0.39, 0.29) is 6.54 Å². The predicted molar refractivity (Wildman–Crippen MR) is 116 cm³/mol. The lowest BCUT2D eigenvalue weighted by Gasteiger charge is -2.14. The number of benzene rings is 1. The third kappa shape index (κ3) is 4.32. The van der Waals surface area contributed by atoms with Crippen LogP contribution in [-0.2, 0) is 16.1 Å². The van der Waals surface area contributed by atoms with Crippen LogP contribution in [0.5, 0.6) is 0 Å². The summed E-state index contributed by atoms with van der Waals surface area (Å²) in [5, 5.41) is 30.2. The van der Waals surface area contributed by atoms with Crippen molar-refractivity contribution in [2.24, 2.45) is 5.16 Å². The van der Waals surface area contributed by atoms with Gasteiger partial charge in [-0.15, -0.1) is 5.10 Å². The number of hydrogen-bond acceptors (Lipinski definition) is 9. The third-order valence-electron chi connectivity index (χ3n) is 5.68. The minimum atomic E-state index is -1.03. The number of hydrogen-bond donors (Lipinski definition) is 2. The van der Waals surface area contributed by atoms with Crippen molar-refractivity contribution < 1.29 is 29.0 Å². The van der Waals surface area contributed by atoms with Crippen LogP contribution in [0.1, 0.15) is 12.1 Å². The van der Waals surface area contributed by atoms with E-state index in [1.54, 1.807) is 35.1 Å². The normalized spacial score (nSPS) is 20.7. The molecule has 4 heterocycles. The molecule has 5 rings (SSSR count). The highest BCUT2D eigenvalue weighted by atomic mass is 19.1. The molecule has 2 aromatic heterocycles. The Bertz CT molecular complexity index is 1200. The molecule has 0 radical (unpaired) electrons. The van der Waals surface area contributed by atoms with Crippen LogP contribution in [-0.4, -0.2) is 73.5 Å². The number of aromatic nitrogens is 4. The fourth-order valence-corrected chi connectivity index (χ4v) is 3.87. The van der Waals surface area contributed by atoms with Gasteiger partial charge in [-0.25, -0.2) is 13.9 Å². The van der Waals surface area contributed by atoms with Gasteiger partial charge in [0.25, 0.3) is 0 Å². The number of ether oxygens (including phenoxy) is 1. The molecule has 1 unspecified atom stereocenters. The maximum atomic E-state index is 15.0. The van der Waals surface area contributed by atoms with Gasteiger partial charge in [0.2, 0.25) is 0 Å². The van der Waals surface area contributed by atoms with Crippen LogP contribution in [0.25, 0.3) is 11.1 Å². The Morgan fingerprint density at radius 1 is 1.26 bits per heavy atom. The van der Waals surface area contributed by atoms with Gasteiger partial charge >= 0.3 is 6.09 Å². The number of cyclic esters (lactones) is 1. The van der Waals surface area contributed by atoms with Crippen molar-refractivity contribution in [3.8, 4) is 11.1 Å². The number of aliphatic hydroxyl groups excluding tert-OH is 2. The largest absolute Gasteiger partial charge is 0.442 e. The molecular weight excluding hydrogens is 447 g/mol. The van der Waals surface area contributed by atoms with Crippen molar-refractivity contribution in [3.63, 3.8) is 0 Å². The minimum Gasteiger partial charge on any atom is -0.442 e. The van der Waals surface area contributed by atoms with Crippen molar-refractivity contribution in [2.45, 2.75) is 31.3 Å². The first-order valence-corrected chi connectivity index (χ1v) is 10.6. The molecule has 0 aliphatic carbocycles. The molecule has 0 saturated carbocycles. The van der Waals surface area contributed by atoms with E-state index in [0.29, 0.717) is 41.2 Å². The molecule has 3 aromatic rings. The van der Waals surface area contributed by atoms with Gasteiger partial charge in [0.05, 0.1) is 37.3 Å². The molecule has 12 heteroatoms. The Morgan fingerprint density at radius 3 is 2.85 bits per heavy atom. The van der Waals surface area contributed by atoms with Gasteiger partial charge in [0.1, 0.15) is 23.7 Å². The van der Waals surface area contributed by atoms with Crippen LogP contribution in [0.3, 0.4) is 0 Å². The minimum absolute atomic E-state index is 0.268. The van der Waals surface area contributed by atoms with Crippen LogP contribution >= 0.6 is 0 Å². The number of carbonyl (C=O) groups is 1. The van der Waals surface area contributed by atoms with E-state index in [0.717, 1.165) is 0 Å². The highest BCUT2D eigenvalue weighted by Crippen LogP contribution is 2.29. The van der Waals surface area contributed by atoms with E-state index in [1.165, 1.54) is 23.4 Å². The summed E-state index contributed by atoms with van der Waals surface area (Å²) in [4.78, 5) is 23.2. The van der Waals surface area contributed by atoms with Gasteiger partial charge < -0.3 is 19.8 Å². The topological polar surface area (TPSA) is 135 Å². The first-order valence-electron chi connectivity index (χ1n) is 10.6. The molecule has 176 valence electrons. The van der Waals surface area contributed by atoms with E-state index < -0.39 is 36.8 Å². The SMILES string of the molecule is O=C1OC(Cn2ccnn2)CN1c1ccc(-c2ccc(C3=NO[C@H]([C@@H](O)CO)C3)nc2)c(F)c1. The van der Waals surface area contributed by atoms with E-state index >= 15 is 0 Å². The second-order valence-corrected chi connectivity index (χ2v) is 7.97. The number of amides is 1. The molecule has 3 atom stereocenters. The summed E-state index contributed by atoms with van der Waals surface area (Å²) < 4.78 is 21.9. The van der Waals surface area contributed by atoms with Gasteiger partial charge in [0, 0.05) is 29.9 Å². The summed E-state index contributed by atoms with van der Waals surface area (Å²) in [5.74, 6) is -0.507. The van der Waals surface area contributed by atoms with Crippen molar-refractivity contribution in [3.05, 3.63) is 60.4 Å². The Labute approximate surface area is 193 Å². The summed E-state index contributed by atoms with van der Waals surface area (Å²) >= 11 is 0. The first kappa shape index (κ1) is 21.9. The number of carbonyl (C=O) groups excluding carboxylic acids is 1. The van der Waals surface area contributed by atoms with Gasteiger partial charge in [0.15, 0.2) is 6.10 Å². The number of halogens is 1. The lowest BCUT2D eigenvalue weighted by Crippen LogP contribution is -2.29. The molecule has 2 N–H and O–H groups in total. The van der Waals surface area contributed by atoms with E-state index in [2.05, 4.69) is 20.5 Å². The summed E-state index contributed by atoms with van der Waals surface area (Å²) in [7, 11) is 0. The zero-order chi connectivity index (χ0) is 23.7. The van der Waals surface area contributed by atoms with Crippen molar-refractivity contribution in [1.82, 2.24) is 20.0 Å². The van der Waals surface area contributed by atoms with Crippen LogP contribution in [0, 0.1) is 5.82 Å². The van der Waals surface area contributed by atoms with Gasteiger partial charge in [-0.1, -0.05) is 16.4 Å². The number of nitrogens with zero attached hydrogens (tertiary/aromatic N) is 6. The van der Waals surface area contributed by atoms with Crippen LogP contribution in [0.4, 0.5) is 14.9 Å². The highest BCUT2D eigenvalue weighted by molar-refractivity contribution is 5.99. The number of oxime groups is 1. The predicted octanol–water partition coefficient (Wildman–Crippen LogP) is 1.35. The number of pyridine rings is 1. The monoisotopic (exact) mass is 468 g/mol. The molecule has 11 nitrogen and oxygen atoms in total. The molecule has 1 saturated heterocycles. The smallest absolute Gasteiger partial charge is 0.414 e. The van der Waals surface area contributed by atoms with Crippen molar-refractivity contribution in [1.29, 1.82) is 0 Å². The standard InChI is InChI=1S/C22H21FN6O5/c23-17-7-14(29-11-15(33-22(29)32)10-28-6-5-25-27-28)2-3-16(17)13-1-4-18(24-9-13)19-8-21(34-26-19)20(31)12-30/h1-7,9,15,20-21,30-31H,8,10-12H2/t15?,20-,21-/m0/s1. The molecule has 1 aromatic carbocycles. The summed E-state index contributed by atoms with van der Waals surface area (Å²) in [6.45, 7) is 0.202. The summed E-state index contributed by atoms with van der Waals surface area (Å²) in [5.41, 5.74) is 2.34. The zero-order valence-corrected chi connectivity index (χ0v) is 17.9. The maximum Gasteiger partial charge on any atom is 0.414 e. The van der Waals surface area contributed by atoms with Gasteiger partial charge in [-0.2, -0.15) is 0 Å². The van der Waals surface area contributed by atoms with Crippen LogP contribution in [0.2, 0.25) is 0 Å². The zero-order valence-electron chi connectivity index (χ0n) is 17.9. The number of rotatable bonds is 7. The lowest BCUT2D eigenvalue weighted by atomic mass is 10.0. The molecule has 1 fully saturated rings. The second-order valence-electron chi connectivity index (χ2n) is 7.97. The quantitative estimate of drug-likeness (QED) is 0.531. The number of anilines is 1. The first-order chi connectivity index (χ1) is 16.5. The van der Waals surface area contributed by atoms with Crippen molar-refractivity contribution >= 4 is 17.5 Å². The fraction of sp³-hybridized carbons (Fsp3) is 0.318. The average Bonchev–Trinajstić information content (AvgIpc) is 3.61. The second kappa shape index (κ2) is 9.15. The summed E-state index contributed by atoms with van der Waals surface area (Å²) in [6, 6.07) is 7.92. The Kier molecular flexibility index (Phi) is 5.90. The fourth-order valence-electron chi connectivity index (χ4n) is 3.87. The van der Waals surface area contributed by atoms with Crippen molar-refractivity contribution in [2.75, 3.05) is 18.1 Å². The lowest BCUT2D eigenvalue weighted by molar-refractivity contribution is -0.0407. The Balaban J connectivity index is 1.27. The molecule has 34 heavy (non-hydrogen) atoms. The molecule has 1 amide bonds. The molecule has 2 aliphatic rings. The maximum absolute atomic E-state index is 15.0. The molecular formula is C22H21FN6O5.